The zero-order valence-electron chi connectivity index (χ0n) is 11.4. The van der Waals surface area contributed by atoms with Crippen LogP contribution in [0.3, 0.4) is 0 Å². The summed E-state index contributed by atoms with van der Waals surface area (Å²) in [5.74, 6) is -0.240. The van der Waals surface area contributed by atoms with E-state index in [-0.39, 0.29) is 30.0 Å². The van der Waals surface area contributed by atoms with Crippen molar-refractivity contribution in [3.8, 4) is 0 Å². The molecule has 104 valence electrons. The van der Waals surface area contributed by atoms with E-state index >= 15 is 0 Å². The fourth-order valence-corrected chi connectivity index (χ4v) is 2.12. The second-order valence-electron chi connectivity index (χ2n) is 4.51. The van der Waals surface area contributed by atoms with Gasteiger partial charge in [-0.1, -0.05) is 0 Å². The molecular formula is C12H22N2O4. The van der Waals surface area contributed by atoms with Gasteiger partial charge in [-0.15, -0.1) is 0 Å². The van der Waals surface area contributed by atoms with Crippen molar-refractivity contribution in [2.45, 2.75) is 58.6 Å². The Hall–Kier alpha value is -1.14. The molecule has 0 spiro atoms. The monoisotopic (exact) mass is 258 g/mol. The van der Waals surface area contributed by atoms with Crippen LogP contribution in [0.5, 0.6) is 0 Å². The molecule has 1 fully saturated rings. The van der Waals surface area contributed by atoms with Crippen LogP contribution in [0.25, 0.3) is 0 Å². The Labute approximate surface area is 107 Å². The van der Waals surface area contributed by atoms with Crippen molar-refractivity contribution < 1.29 is 19.1 Å². The molecule has 0 aromatic carbocycles. The molecule has 1 aliphatic rings. The molecule has 0 unspecified atom stereocenters. The zero-order chi connectivity index (χ0) is 13.7. The van der Waals surface area contributed by atoms with Gasteiger partial charge in [-0.2, -0.15) is 0 Å². The van der Waals surface area contributed by atoms with Crippen molar-refractivity contribution in [2.75, 3.05) is 6.61 Å². The highest BCUT2D eigenvalue weighted by atomic mass is 16.7. The van der Waals surface area contributed by atoms with Gasteiger partial charge in [0.2, 0.25) is 11.8 Å². The highest BCUT2D eigenvalue weighted by molar-refractivity contribution is 5.74. The number of carbonyl (C=O) groups excluding carboxylic acids is 2. The topological polar surface area (TPSA) is 76.7 Å². The fraction of sp³-hybridized carbons (Fsp3) is 0.833. The third-order valence-electron chi connectivity index (χ3n) is 2.86. The van der Waals surface area contributed by atoms with Gasteiger partial charge in [0.05, 0.1) is 18.2 Å². The summed E-state index contributed by atoms with van der Waals surface area (Å²) in [5, 5.41) is 5.63. The van der Waals surface area contributed by atoms with E-state index in [4.69, 9.17) is 9.47 Å². The summed E-state index contributed by atoms with van der Waals surface area (Å²) in [6.45, 7) is 7.19. The van der Waals surface area contributed by atoms with Crippen LogP contribution >= 0.6 is 0 Å². The largest absolute Gasteiger partial charge is 0.351 e. The minimum Gasteiger partial charge on any atom is -0.351 e. The molecule has 0 aromatic rings. The van der Waals surface area contributed by atoms with Crippen molar-refractivity contribution in [3.05, 3.63) is 0 Å². The molecule has 1 heterocycles. The van der Waals surface area contributed by atoms with Crippen LogP contribution in [0, 0.1) is 0 Å². The average Bonchev–Trinajstić information content (AvgIpc) is 2.23. The quantitative estimate of drug-likeness (QED) is 0.753. The molecule has 0 saturated carbocycles. The van der Waals surface area contributed by atoms with Crippen molar-refractivity contribution in [1.29, 1.82) is 0 Å². The van der Waals surface area contributed by atoms with E-state index in [0.717, 1.165) is 0 Å². The second kappa shape index (κ2) is 6.70. The average molecular weight is 258 g/mol. The summed E-state index contributed by atoms with van der Waals surface area (Å²) in [4.78, 5) is 22.3. The summed E-state index contributed by atoms with van der Waals surface area (Å²) >= 11 is 0. The van der Waals surface area contributed by atoms with E-state index in [1.807, 2.05) is 13.8 Å². The molecule has 1 saturated heterocycles. The number of amides is 2. The van der Waals surface area contributed by atoms with E-state index < -0.39 is 6.29 Å². The summed E-state index contributed by atoms with van der Waals surface area (Å²) in [6, 6.07) is -0.355. The van der Waals surface area contributed by atoms with E-state index in [9.17, 15) is 9.59 Å². The Morgan fingerprint density at radius 1 is 1.22 bits per heavy atom. The van der Waals surface area contributed by atoms with Gasteiger partial charge < -0.3 is 20.1 Å². The first kappa shape index (κ1) is 14.9. The molecule has 4 atom stereocenters. The van der Waals surface area contributed by atoms with E-state index in [0.29, 0.717) is 13.0 Å². The third kappa shape index (κ3) is 4.27. The van der Waals surface area contributed by atoms with E-state index in [2.05, 4.69) is 10.6 Å². The van der Waals surface area contributed by atoms with Gasteiger partial charge in [0.25, 0.3) is 0 Å². The van der Waals surface area contributed by atoms with Crippen molar-refractivity contribution in [3.63, 3.8) is 0 Å². The minimum atomic E-state index is -0.459. The van der Waals surface area contributed by atoms with Crippen molar-refractivity contribution in [2.24, 2.45) is 0 Å². The first-order chi connectivity index (χ1) is 8.43. The van der Waals surface area contributed by atoms with Gasteiger partial charge >= 0.3 is 0 Å². The number of rotatable bonds is 4. The van der Waals surface area contributed by atoms with Crippen LogP contribution in [0.4, 0.5) is 0 Å². The molecule has 6 nitrogen and oxygen atoms in total. The number of hydrogen-bond donors (Lipinski definition) is 2. The fourth-order valence-electron chi connectivity index (χ4n) is 2.12. The van der Waals surface area contributed by atoms with Crippen LogP contribution in [0.2, 0.25) is 0 Å². The number of nitrogens with one attached hydrogen (secondary N) is 2. The lowest BCUT2D eigenvalue weighted by Gasteiger charge is -2.40. The van der Waals surface area contributed by atoms with Gasteiger partial charge in [-0.3, -0.25) is 9.59 Å². The third-order valence-corrected chi connectivity index (χ3v) is 2.86. The maximum atomic E-state index is 11.2. The summed E-state index contributed by atoms with van der Waals surface area (Å²) in [6.07, 6.45) is -0.000263. The molecule has 6 heteroatoms. The van der Waals surface area contributed by atoms with E-state index in [1.165, 1.54) is 13.8 Å². The molecule has 18 heavy (non-hydrogen) atoms. The van der Waals surface area contributed by atoms with Crippen molar-refractivity contribution >= 4 is 11.8 Å². The van der Waals surface area contributed by atoms with Gasteiger partial charge in [0, 0.05) is 20.5 Å². The molecule has 0 aliphatic carbocycles. The lowest BCUT2D eigenvalue weighted by Crippen LogP contribution is -2.58. The van der Waals surface area contributed by atoms with Gasteiger partial charge in [-0.05, 0) is 20.3 Å². The summed E-state index contributed by atoms with van der Waals surface area (Å²) in [7, 11) is 0. The maximum Gasteiger partial charge on any atom is 0.217 e. The Balaban J connectivity index is 2.68. The molecule has 1 rings (SSSR count). The van der Waals surface area contributed by atoms with Crippen LogP contribution in [-0.4, -0.2) is 42.9 Å². The lowest BCUT2D eigenvalue weighted by molar-refractivity contribution is -0.209. The Morgan fingerprint density at radius 2 is 1.78 bits per heavy atom. The lowest BCUT2D eigenvalue weighted by atomic mass is 9.98. The summed E-state index contributed by atoms with van der Waals surface area (Å²) in [5.41, 5.74) is 0. The standard InChI is InChI=1S/C12H22N2O4/c1-5-17-12-11(14-9(4)16)6-10(7(2)18-12)13-8(3)15/h7,10-12H,5-6H2,1-4H3,(H,13,15)(H,14,16)/t7-,10+,11+,12-/m1/s1. The highest BCUT2D eigenvalue weighted by Gasteiger charge is 2.37. The summed E-state index contributed by atoms with van der Waals surface area (Å²) < 4.78 is 11.2. The van der Waals surface area contributed by atoms with Crippen molar-refractivity contribution in [1.82, 2.24) is 10.6 Å². The van der Waals surface area contributed by atoms with Crippen LogP contribution < -0.4 is 10.6 Å². The normalized spacial score (nSPS) is 31.8. The highest BCUT2D eigenvalue weighted by Crippen LogP contribution is 2.21. The first-order valence-corrected chi connectivity index (χ1v) is 6.25. The predicted molar refractivity (Wildman–Crippen MR) is 65.8 cm³/mol. The zero-order valence-corrected chi connectivity index (χ0v) is 11.4. The molecule has 2 N–H and O–H groups in total. The first-order valence-electron chi connectivity index (χ1n) is 6.25. The van der Waals surface area contributed by atoms with E-state index in [1.54, 1.807) is 0 Å². The molecule has 2 amide bonds. The van der Waals surface area contributed by atoms with Gasteiger partial charge in [-0.25, -0.2) is 0 Å². The molecule has 0 radical (unpaired) electrons. The predicted octanol–water partition coefficient (Wildman–Crippen LogP) is 0.167. The molecular weight excluding hydrogens is 236 g/mol. The number of carbonyl (C=O) groups is 2. The number of hydrogen-bond acceptors (Lipinski definition) is 4. The van der Waals surface area contributed by atoms with Crippen LogP contribution in [0.1, 0.15) is 34.1 Å². The second-order valence-corrected chi connectivity index (χ2v) is 4.51. The SMILES string of the molecule is CCO[C@@H]1O[C@H](C)[C@@H](NC(C)=O)C[C@@H]1NC(C)=O. The Morgan fingerprint density at radius 3 is 2.28 bits per heavy atom. The van der Waals surface area contributed by atoms with Gasteiger partial charge in [0.15, 0.2) is 6.29 Å². The number of ether oxygens (including phenoxy) is 2. The minimum absolute atomic E-state index is 0.105. The Kier molecular flexibility index (Phi) is 5.55. The Bertz CT molecular complexity index is 308. The smallest absolute Gasteiger partial charge is 0.217 e. The van der Waals surface area contributed by atoms with Gasteiger partial charge in [0.1, 0.15) is 0 Å². The van der Waals surface area contributed by atoms with Crippen LogP contribution in [-0.2, 0) is 19.1 Å². The van der Waals surface area contributed by atoms with Crippen LogP contribution in [0.15, 0.2) is 0 Å². The molecule has 1 aliphatic heterocycles. The molecule has 0 bridgehead atoms. The molecule has 0 aromatic heterocycles. The maximum absolute atomic E-state index is 11.2.